The molecular weight excluding hydrogens is 187 g/mol. The molecule has 0 atom stereocenters. The van der Waals surface area contributed by atoms with Gasteiger partial charge in [0, 0.05) is 12.7 Å². The lowest BCUT2D eigenvalue weighted by atomic mass is 10.4. The van der Waals surface area contributed by atoms with Crippen LogP contribution in [-0.2, 0) is 0 Å². The van der Waals surface area contributed by atoms with Crippen molar-refractivity contribution in [3.8, 4) is 0 Å². The number of pyridine rings is 1. The van der Waals surface area contributed by atoms with Crippen molar-refractivity contribution in [2.75, 3.05) is 23.9 Å². The van der Waals surface area contributed by atoms with Crippen molar-refractivity contribution in [3.05, 3.63) is 24.1 Å². The predicted octanol–water partition coefficient (Wildman–Crippen LogP) is 2.39. The normalized spacial score (nSPS) is 10.0. The highest BCUT2D eigenvalue weighted by atomic mass is 32.2. The molecule has 1 rings (SSSR count). The minimum Gasteiger partial charge on any atom is -0.368 e. The average molecular weight is 200 g/mol. The third-order valence-corrected chi connectivity index (χ3v) is 2.27. The van der Waals surface area contributed by atoms with Gasteiger partial charge in [0.1, 0.15) is 0 Å². The highest BCUT2D eigenvalue weighted by Gasteiger charge is 1.99. The summed E-state index contributed by atoms with van der Waals surface area (Å²) >= 11 is 1.79. The zero-order chi connectivity index (χ0) is 9.52. The first-order valence-electron chi connectivity index (χ1n) is 4.18. The number of aromatic nitrogens is 1. The lowest BCUT2D eigenvalue weighted by Gasteiger charge is -2.04. The van der Waals surface area contributed by atoms with Crippen LogP contribution >= 0.6 is 11.8 Å². The average Bonchev–Trinajstić information content (AvgIpc) is 2.15. The Kier molecular flexibility index (Phi) is 4.60. The Morgan fingerprint density at radius 2 is 2.46 bits per heavy atom. The van der Waals surface area contributed by atoms with E-state index in [0.29, 0.717) is 5.82 Å². The Labute approximate surface area is 81.9 Å². The van der Waals surface area contributed by atoms with E-state index in [1.54, 1.807) is 24.0 Å². The van der Waals surface area contributed by atoms with Crippen LogP contribution in [0.25, 0.3) is 0 Å². The molecule has 1 heterocycles. The maximum atomic E-state index is 13.0. The van der Waals surface area contributed by atoms with Gasteiger partial charge in [-0.1, -0.05) is 0 Å². The maximum Gasteiger partial charge on any atom is 0.165 e. The Balaban J connectivity index is 2.32. The fraction of sp³-hybridized carbons (Fsp3) is 0.444. The van der Waals surface area contributed by atoms with Gasteiger partial charge >= 0.3 is 0 Å². The van der Waals surface area contributed by atoms with Crippen molar-refractivity contribution in [2.24, 2.45) is 0 Å². The van der Waals surface area contributed by atoms with E-state index in [9.17, 15) is 4.39 Å². The summed E-state index contributed by atoms with van der Waals surface area (Å²) in [7, 11) is 0. The van der Waals surface area contributed by atoms with E-state index < -0.39 is 0 Å². The molecule has 1 aromatic rings. The smallest absolute Gasteiger partial charge is 0.165 e. The van der Waals surface area contributed by atoms with E-state index in [4.69, 9.17) is 0 Å². The van der Waals surface area contributed by atoms with Gasteiger partial charge in [0.15, 0.2) is 11.6 Å². The van der Waals surface area contributed by atoms with E-state index in [0.717, 1.165) is 18.7 Å². The molecule has 2 nitrogen and oxygen atoms in total. The van der Waals surface area contributed by atoms with E-state index >= 15 is 0 Å². The lowest BCUT2D eigenvalue weighted by molar-refractivity contribution is 0.624. The Morgan fingerprint density at radius 3 is 3.15 bits per heavy atom. The summed E-state index contributed by atoms with van der Waals surface area (Å²) in [6.45, 7) is 0.773. The van der Waals surface area contributed by atoms with Gasteiger partial charge in [-0.2, -0.15) is 11.8 Å². The number of nitrogens with one attached hydrogen (secondary N) is 1. The van der Waals surface area contributed by atoms with Crippen LogP contribution in [0, 0.1) is 5.82 Å². The van der Waals surface area contributed by atoms with Crippen LogP contribution in [0.15, 0.2) is 18.3 Å². The van der Waals surface area contributed by atoms with Crippen molar-refractivity contribution in [3.63, 3.8) is 0 Å². The second-order valence-corrected chi connectivity index (χ2v) is 3.59. The van der Waals surface area contributed by atoms with Gasteiger partial charge in [0.05, 0.1) is 0 Å². The van der Waals surface area contributed by atoms with Crippen molar-refractivity contribution in [1.29, 1.82) is 0 Å². The Morgan fingerprint density at radius 1 is 1.62 bits per heavy atom. The highest BCUT2D eigenvalue weighted by molar-refractivity contribution is 7.98. The largest absolute Gasteiger partial charge is 0.368 e. The zero-order valence-electron chi connectivity index (χ0n) is 7.59. The summed E-state index contributed by atoms with van der Waals surface area (Å²) < 4.78 is 13.0. The number of hydrogen-bond acceptors (Lipinski definition) is 3. The second-order valence-electron chi connectivity index (χ2n) is 2.61. The number of anilines is 1. The number of hydrogen-bond donors (Lipinski definition) is 1. The zero-order valence-corrected chi connectivity index (χ0v) is 8.40. The van der Waals surface area contributed by atoms with Crippen molar-refractivity contribution < 1.29 is 4.39 Å². The monoisotopic (exact) mass is 200 g/mol. The topological polar surface area (TPSA) is 24.9 Å². The van der Waals surface area contributed by atoms with Gasteiger partial charge in [-0.05, 0) is 30.6 Å². The van der Waals surface area contributed by atoms with Gasteiger partial charge < -0.3 is 5.32 Å². The van der Waals surface area contributed by atoms with Crippen LogP contribution in [0.4, 0.5) is 10.2 Å². The molecule has 0 aliphatic carbocycles. The Bertz CT molecular complexity index is 255. The van der Waals surface area contributed by atoms with Crippen LogP contribution in [0.2, 0.25) is 0 Å². The number of rotatable bonds is 5. The standard InChI is InChI=1S/C9H13FN2S/c1-13-7-3-6-12-9-8(10)4-2-5-11-9/h2,4-5H,3,6-7H2,1H3,(H,11,12). The van der Waals surface area contributed by atoms with E-state index in [2.05, 4.69) is 16.6 Å². The van der Waals surface area contributed by atoms with Crippen LogP contribution in [0.1, 0.15) is 6.42 Å². The maximum absolute atomic E-state index is 13.0. The first-order valence-corrected chi connectivity index (χ1v) is 5.57. The van der Waals surface area contributed by atoms with E-state index in [1.165, 1.54) is 6.07 Å². The molecule has 0 amide bonds. The minimum absolute atomic E-state index is 0.286. The molecule has 4 heteroatoms. The summed E-state index contributed by atoms with van der Waals surface area (Å²) in [4.78, 5) is 3.88. The van der Waals surface area contributed by atoms with Crippen LogP contribution in [0.3, 0.4) is 0 Å². The molecule has 0 aliphatic rings. The molecule has 0 unspecified atom stereocenters. The van der Waals surface area contributed by atoms with E-state index in [-0.39, 0.29) is 5.82 Å². The third kappa shape index (κ3) is 3.63. The molecule has 1 N–H and O–H groups in total. The van der Waals surface area contributed by atoms with Gasteiger partial charge in [-0.25, -0.2) is 9.37 Å². The summed E-state index contributed by atoms with van der Waals surface area (Å²) in [6.07, 6.45) is 4.67. The molecule has 72 valence electrons. The fourth-order valence-corrected chi connectivity index (χ4v) is 1.37. The van der Waals surface area contributed by atoms with Crippen LogP contribution < -0.4 is 5.32 Å². The van der Waals surface area contributed by atoms with Crippen LogP contribution in [-0.4, -0.2) is 23.5 Å². The quantitative estimate of drug-likeness (QED) is 0.739. The molecule has 0 spiro atoms. The second kappa shape index (κ2) is 5.80. The van der Waals surface area contributed by atoms with Gasteiger partial charge in [0.2, 0.25) is 0 Å². The van der Waals surface area contributed by atoms with E-state index in [1.807, 2.05) is 0 Å². The first kappa shape index (κ1) is 10.3. The van der Waals surface area contributed by atoms with Crippen molar-refractivity contribution in [1.82, 2.24) is 4.98 Å². The van der Waals surface area contributed by atoms with Crippen LogP contribution in [0.5, 0.6) is 0 Å². The first-order chi connectivity index (χ1) is 6.34. The van der Waals surface area contributed by atoms with Gasteiger partial charge in [0.25, 0.3) is 0 Å². The van der Waals surface area contributed by atoms with Gasteiger partial charge in [-0.15, -0.1) is 0 Å². The number of thioether (sulfide) groups is 1. The lowest BCUT2D eigenvalue weighted by Crippen LogP contribution is -2.05. The molecule has 0 radical (unpaired) electrons. The highest BCUT2D eigenvalue weighted by Crippen LogP contribution is 2.08. The number of halogens is 1. The molecule has 0 bridgehead atoms. The molecule has 0 saturated carbocycles. The summed E-state index contributed by atoms with van der Waals surface area (Å²) in [5.74, 6) is 1.15. The third-order valence-electron chi connectivity index (χ3n) is 1.58. The molecule has 0 aromatic carbocycles. The summed E-state index contributed by atoms with van der Waals surface area (Å²) in [6, 6.07) is 2.99. The summed E-state index contributed by atoms with van der Waals surface area (Å²) in [5.41, 5.74) is 0. The van der Waals surface area contributed by atoms with Crippen molar-refractivity contribution in [2.45, 2.75) is 6.42 Å². The number of nitrogens with zero attached hydrogens (tertiary/aromatic N) is 1. The minimum atomic E-state index is -0.286. The fourth-order valence-electron chi connectivity index (χ4n) is 0.939. The molecule has 0 aliphatic heterocycles. The van der Waals surface area contributed by atoms with Crippen molar-refractivity contribution >= 4 is 17.6 Å². The van der Waals surface area contributed by atoms with Gasteiger partial charge in [-0.3, -0.25) is 0 Å². The molecule has 0 saturated heterocycles. The molecule has 0 fully saturated rings. The molecule has 13 heavy (non-hydrogen) atoms. The molecule has 1 aromatic heterocycles. The SMILES string of the molecule is CSCCCNc1ncccc1F. The summed E-state index contributed by atoms with van der Waals surface area (Å²) in [5, 5.41) is 2.95. The molecular formula is C9H13FN2S. The predicted molar refractivity (Wildman–Crippen MR) is 55.7 cm³/mol. The Hall–Kier alpha value is -0.770.